The van der Waals surface area contributed by atoms with Crippen molar-refractivity contribution in [3.8, 4) is 5.75 Å². The molecule has 0 spiro atoms. The van der Waals surface area contributed by atoms with E-state index in [4.69, 9.17) is 4.74 Å². The van der Waals surface area contributed by atoms with Gasteiger partial charge in [0.25, 0.3) is 0 Å². The van der Waals surface area contributed by atoms with Crippen LogP contribution in [0.25, 0.3) is 0 Å². The summed E-state index contributed by atoms with van der Waals surface area (Å²) in [6.45, 7) is 0.976. The molecule has 0 fully saturated rings. The van der Waals surface area contributed by atoms with Crippen LogP contribution in [-0.4, -0.2) is 19.1 Å². The van der Waals surface area contributed by atoms with E-state index < -0.39 is 0 Å². The highest BCUT2D eigenvalue weighted by molar-refractivity contribution is 9.10. The molecule has 1 amide bonds. The van der Waals surface area contributed by atoms with Crippen molar-refractivity contribution >= 4 is 33.2 Å². The number of ether oxygens (including phenoxy) is 1. The summed E-state index contributed by atoms with van der Waals surface area (Å²) in [7, 11) is 0. The summed E-state index contributed by atoms with van der Waals surface area (Å²) in [6.07, 6.45) is 0.439. The van der Waals surface area contributed by atoms with Crippen molar-refractivity contribution in [1.29, 1.82) is 0 Å². The lowest BCUT2D eigenvalue weighted by Gasteiger charge is -2.07. The van der Waals surface area contributed by atoms with E-state index >= 15 is 0 Å². The number of halogens is 1. The first-order valence-electron chi connectivity index (χ1n) is 5.91. The van der Waals surface area contributed by atoms with Gasteiger partial charge in [0.2, 0.25) is 5.91 Å². The van der Waals surface area contributed by atoms with E-state index in [1.54, 1.807) is 11.3 Å². The monoisotopic (exact) mass is 339 g/mol. The maximum atomic E-state index is 11.6. The van der Waals surface area contributed by atoms with E-state index in [1.807, 2.05) is 41.8 Å². The number of carbonyl (C=O) groups is 1. The third-order valence-corrected chi connectivity index (χ3v) is 3.77. The van der Waals surface area contributed by atoms with Crippen LogP contribution >= 0.6 is 27.3 Å². The molecule has 0 aliphatic carbocycles. The zero-order chi connectivity index (χ0) is 13.5. The van der Waals surface area contributed by atoms with Crippen molar-refractivity contribution in [2.24, 2.45) is 0 Å². The molecule has 0 unspecified atom stereocenters. The number of rotatable bonds is 6. The van der Waals surface area contributed by atoms with Crippen LogP contribution in [0.2, 0.25) is 0 Å². The molecule has 100 valence electrons. The highest BCUT2D eigenvalue weighted by Gasteiger charge is 2.03. The van der Waals surface area contributed by atoms with E-state index in [2.05, 4.69) is 21.2 Å². The molecule has 5 heteroatoms. The first kappa shape index (κ1) is 14.1. The number of carbonyl (C=O) groups excluding carboxylic acids is 1. The normalized spacial score (nSPS) is 10.2. The van der Waals surface area contributed by atoms with Crippen LogP contribution in [0.1, 0.15) is 4.88 Å². The maximum Gasteiger partial charge on any atom is 0.225 e. The van der Waals surface area contributed by atoms with E-state index in [-0.39, 0.29) is 5.91 Å². The van der Waals surface area contributed by atoms with Gasteiger partial charge in [-0.25, -0.2) is 0 Å². The second-order valence-corrected chi connectivity index (χ2v) is 5.86. The molecule has 0 bridgehead atoms. The van der Waals surface area contributed by atoms with E-state index in [9.17, 15) is 4.79 Å². The van der Waals surface area contributed by atoms with Gasteiger partial charge in [0, 0.05) is 9.35 Å². The summed E-state index contributed by atoms with van der Waals surface area (Å²) in [5.41, 5.74) is 0. The SMILES string of the molecule is O=C(Cc1cccs1)NCCOc1cccc(Br)c1. The van der Waals surface area contributed by atoms with Crippen molar-refractivity contribution < 1.29 is 9.53 Å². The highest BCUT2D eigenvalue weighted by atomic mass is 79.9. The molecule has 0 atom stereocenters. The zero-order valence-corrected chi connectivity index (χ0v) is 12.7. The summed E-state index contributed by atoms with van der Waals surface area (Å²) in [6, 6.07) is 11.5. The van der Waals surface area contributed by atoms with Gasteiger partial charge in [-0.1, -0.05) is 28.1 Å². The maximum absolute atomic E-state index is 11.6. The van der Waals surface area contributed by atoms with Crippen LogP contribution in [0.15, 0.2) is 46.3 Å². The van der Waals surface area contributed by atoms with E-state index in [0.29, 0.717) is 19.6 Å². The van der Waals surface area contributed by atoms with Gasteiger partial charge in [0.1, 0.15) is 12.4 Å². The van der Waals surface area contributed by atoms with Gasteiger partial charge in [-0.3, -0.25) is 4.79 Å². The summed E-state index contributed by atoms with van der Waals surface area (Å²) >= 11 is 4.97. The van der Waals surface area contributed by atoms with Crippen LogP contribution in [0.3, 0.4) is 0 Å². The average Bonchev–Trinajstić information content (AvgIpc) is 2.87. The third-order valence-electron chi connectivity index (χ3n) is 2.40. The molecular weight excluding hydrogens is 326 g/mol. The molecule has 0 radical (unpaired) electrons. The Kier molecular flexibility index (Phi) is 5.42. The second kappa shape index (κ2) is 7.31. The Morgan fingerprint density at radius 3 is 2.95 bits per heavy atom. The molecule has 1 aromatic heterocycles. The zero-order valence-electron chi connectivity index (χ0n) is 10.3. The van der Waals surface area contributed by atoms with E-state index in [1.165, 1.54) is 0 Å². The van der Waals surface area contributed by atoms with Gasteiger partial charge >= 0.3 is 0 Å². The Balaban J connectivity index is 1.65. The summed E-state index contributed by atoms with van der Waals surface area (Å²) in [4.78, 5) is 12.7. The van der Waals surface area contributed by atoms with Gasteiger partial charge in [0.15, 0.2) is 0 Å². The Hall–Kier alpha value is -1.33. The van der Waals surface area contributed by atoms with Crippen molar-refractivity contribution in [3.05, 3.63) is 51.1 Å². The minimum Gasteiger partial charge on any atom is -0.492 e. The van der Waals surface area contributed by atoms with Gasteiger partial charge in [-0.2, -0.15) is 0 Å². The van der Waals surface area contributed by atoms with Crippen molar-refractivity contribution in [2.75, 3.05) is 13.2 Å². The smallest absolute Gasteiger partial charge is 0.225 e. The van der Waals surface area contributed by atoms with Crippen LogP contribution < -0.4 is 10.1 Å². The number of amides is 1. The lowest BCUT2D eigenvalue weighted by atomic mass is 10.3. The largest absolute Gasteiger partial charge is 0.492 e. The first-order valence-corrected chi connectivity index (χ1v) is 7.59. The first-order chi connectivity index (χ1) is 9.24. The summed E-state index contributed by atoms with van der Waals surface area (Å²) < 4.78 is 6.51. The Labute approximate surface area is 124 Å². The fourth-order valence-corrected chi connectivity index (χ4v) is 2.63. The van der Waals surface area contributed by atoms with Gasteiger partial charge in [-0.15, -0.1) is 11.3 Å². The molecule has 2 aromatic rings. The highest BCUT2D eigenvalue weighted by Crippen LogP contribution is 2.17. The molecule has 0 aliphatic rings. The average molecular weight is 340 g/mol. The summed E-state index contributed by atoms with van der Waals surface area (Å²) in [5.74, 6) is 0.821. The molecular formula is C14H14BrNO2S. The molecule has 0 saturated carbocycles. The van der Waals surface area contributed by atoms with Crippen molar-refractivity contribution in [1.82, 2.24) is 5.32 Å². The van der Waals surface area contributed by atoms with Gasteiger partial charge < -0.3 is 10.1 Å². The predicted octanol–water partition coefficient (Wildman–Crippen LogP) is 3.25. The van der Waals surface area contributed by atoms with Gasteiger partial charge in [-0.05, 0) is 29.6 Å². The summed E-state index contributed by atoms with van der Waals surface area (Å²) in [5, 5.41) is 4.81. The van der Waals surface area contributed by atoms with Crippen LogP contribution in [0.4, 0.5) is 0 Å². The van der Waals surface area contributed by atoms with Crippen LogP contribution in [0, 0.1) is 0 Å². The fourth-order valence-electron chi connectivity index (χ4n) is 1.55. The number of benzene rings is 1. The Morgan fingerprint density at radius 1 is 1.32 bits per heavy atom. The molecule has 3 nitrogen and oxygen atoms in total. The number of nitrogens with one attached hydrogen (secondary N) is 1. The molecule has 19 heavy (non-hydrogen) atoms. The molecule has 0 aliphatic heterocycles. The lowest BCUT2D eigenvalue weighted by Crippen LogP contribution is -2.29. The Bertz CT molecular complexity index is 528. The number of hydrogen-bond acceptors (Lipinski definition) is 3. The minimum absolute atomic E-state index is 0.0280. The fraction of sp³-hybridized carbons (Fsp3) is 0.214. The van der Waals surface area contributed by atoms with Crippen molar-refractivity contribution in [2.45, 2.75) is 6.42 Å². The molecule has 1 heterocycles. The number of hydrogen-bond donors (Lipinski definition) is 1. The molecule has 2 rings (SSSR count). The quantitative estimate of drug-likeness (QED) is 0.820. The molecule has 1 aromatic carbocycles. The van der Waals surface area contributed by atoms with E-state index in [0.717, 1.165) is 15.1 Å². The van der Waals surface area contributed by atoms with Crippen molar-refractivity contribution in [3.63, 3.8) is 0 Å². The third kappa shape index (κ3) is 5.04. The lowest BCUT2D eigenvalue weighted by molar-refractivity contribution is -0.120. The van der Waals surface area contributed by atoms with Crippen LogP contribution in [0.5, 0.6) is 5.75 Å². The van der Waals surface area contributed by atoms with Gasteiger partial charge in [0.05, 0.1) is 13.0 Å². The molecule has 1 N–H and O–H groups in total. The standard InChI is InChI=1S/C14H14BrNO2S/c15-11-3-1-4-12(9-11)18-7-6-16-14(17)10-13-5-2-8-19-13/h1-5,8-9H,6-7,10H2,(H,16,17). The number of thiophene rings is 1. The second-order valence-electron chi connectivity index (χ2n) is 3.91. The predicted molar refractivity (Wildman–Crippen MR) is 80.7 cm³/mol. The molecule has 0 saturated heterocycles. The topological polar surface area (TPSA) is 38.3 Å². The Morgan fingerprint density at radius 2 is 2.21 bits per heavy atom. The minimum atomic E-state index is 0.0280. The van der Waals surface area contributed by atoms with Crippen LogP contribution in [-0.2, 0) is 11.2 Å².